The Morgan fingerprint density at radius 3 is 2.78 bits per heavy atom. The van der Waals surface area contributed by atoms with Crippen LogP contribution in [0.5, 0.6) is 0 Å². The number of ether oxygens (including phenoxy) is 1. The van der Waals surface area contributed by atoms with Gasteiger partial charge in [-0.15, -0.1) is 0 Å². The van der Waals surface area contributed by atoms with Gasteiger partial charge in [-0.25, -0.2) is 9.18 Å². The number of halogens is 1. The summed E-state index contributed by atoms with van der Waals surface area (Å²) in [7, 11) is 0. The number of rotatable bonds is 4. The lowest BCUT2D eigenvalue weighted by atomic mass is 10.1. The third kappa shape index (κ3) is 4.93. The molecule has 0 aromatic heterocycles. The number of nitrogens with one attached hydrogen (secondary N) is 1. The minimum Gasteiger partial charge on any atom is -0.444 e. The van der Waals surface area contributed by atoms with Crippen molar-refractivity contribution in [2.45, 2.75) is 58.2 Å². The first-order valence-electron chi connectivity index (χ1n) is 8.25. The number of nitrogens with zero attached hydrogens (tertiary/aromatic N) is 1. The number of carbonyl (C=O) groups is 1. The summed E-state index contributed by atoms with van der Waals surface area (Å²) in [6.07, 6.45) is 1.65. The van der Waals surface area contributed by atoms with Crippen LogP contribution in [0.25, 0.3) is 0 Å². The fourth-order valence-electron chi connectivity index (χ4n) is 2.86. The smallest absolute Gasteiger partial charge is 0.410 e. The molecular formula is C18H27FN2O2. The van der Waals surface area contributed by atoms with Gasteiger partial charge in [0.25, 0.3) is 0 Å². The zero-order valence-corrected chi connectivity index (χ0v) is 14.4. The highest BCUT2D eigenvalue weighted by molar-refractivity contribution is 5.69. The molecular weight excluding hydrogens is 295 g/mol. The van der Waals surface area contributed by atoms with E-state index in [0.29, 0.717) is 12.1 Å². The van der Waals surface area contributed by atoms with Gasteiger partial charge < -0.3 is 15.0 Å². The normalized spacial score (nSPS) is 19.7. The molecule has 1 aliphatic rings. The quantitative estimate of drug-likeness (QED) is 0.915. The maximum atomic E-state index is 13.8. The van der Waals surface area contributed by atoms with Gasteiger partial charge in [0, 0.05) is 30.7 Å². The topological polar surface area (TPSA) is 41.6 Å². The van der Waals surface area contributed by atoms with Crippen LogP contribution in [0.15, 0.2) is 24.3 Å². The van der Waals surface area contributed by atoms with Gasteiger partial charge in [0.15, 0.2) is 0 Å². The summed E-state index contributed by atoms with van der Waals surface area (Å²) < 4.78 is 19.3. The third-order valence-corrected chi connectivity index (χ3v) is 4.04. The molecule has 1 aliphatic heterocycles. The molecule has 2 rings (SSSR count). The van der Waals surface area contributed by atoms with E-state index in [-0.39, 0.29) is 24.0 Å². The fraction of sp³-hybridized carbons (Fsp3) is 0.611. The van der Waals surface area contributed by atoms with Gasteiger partial charge >= 0.3 is 6.09 Å². The van der Waals surface area contributed by atoms with E-state index in [1.165, 1.54) is 6.07 Å². The highest BCUT2D eigenvalue weighted by Crippen LogP contribution is 2.22. The van der Waals surface area contributed by atoms with Crippen LogP contribution in [-0.2, 0) is 4.74 Å². The van der Waals surface area contributed by atoms with Crippen LogP contribution < -0.4 is 5.32 Å². The number of hydrogen-bond donors (Lipinski definition) is 1. The van der Waals surface area contributed by atoms with Crippen molar-refractivity contribution in [3.8, 4) is 0 Å². The number of carbonyl (C=O) groups excluding carboxylic acids is 1. The maximum Gasteiger partial charge on any atom is 0.410 e. The molecule has 4 nitrogen and oxygen atoms in total. The molecule has 0 bridgehead atoms. The average molecular weight is 322 g/mol. The van der Waals surface area contributed by atoms with Gasteiger partial charge in [-0.3, -0.25) is 0 Å². The Morgan fingerprint density at radius 2 is 2.13 bits per heavy atom. The van der Waals surface area contributed by atoms with Crippen LogP contribution in [0.2, 0.25) is 0 Å². The van der Waals surface area contributed by atoms with E-state index in [2.05, 4.69) is 5.32 Å². The molecule has 1 heterocycles. The Balaban J connectivity index is 1.92. The summed E-state index contributed by atoms with van der Waals surface area (Å²) in [6, 6.07) is 6.77. The predicted octanol–water partition coefficient (Wildman–Crippen LogP) is 3.88. The van der Waals surface area contributed by atoms with Crippen LogP contribution in [0, 0.1) is 5.82 Å². The second kappa shape index (κ2) is 7.30. The summed E-state index contributed by atoms with van der Waals surface area (Å²) in [4.78, 5) is 14.0. The molecule has 1 fully saturated rings. The lowest BCUT2D eigenvalue weighted by molar-refractivity contribution is 0.0225. The number of amides is 1. The highest BCUT2D eigenvalue weighted by Gasteiger charge is 2.32. The van der Waals surface area contributed by atoms with Crippen LogP contribution in [0.1, 0.15) is 52.1 Å². The Kier molecular flexibility index (Phi) is 5.63. The first-order chi connectivity index (χ1) is 10.8. The van der Waals surface area contributed by atoms with Crippen LogP contribution in [-0.4, -0.2) is 35.7 Å². The molecule has 1 aromatic rings. The van der Waals surface area contributed by atoms with Crippen molar-refractivity contribution < 1.29 is 13.9 Å². The summed E-state index contributed by atoms with van der Waals surface area (Å²) >= 11 is 0. The number of benzene rings is 1. The fourth-order valence-corrected chi connectivity index (χ4v) is 2.86. The van der Waals surface area contributed by atoms with Gasteiger partial charge in [-0.1, -0.05) is 18.2 Å². The molecule has 1 N–H and O–H groups in total. The SMILES string of the molecule is C[C@@H](NCC1CCCN1C(=O)OC(C)(C)C)c1ccccc1F. The molecule has 1 aromatic carbocycles. The molecule has 23 heavy (non-hydrogen) atoms. The van der Waals surface area contributed by atoms with Crippen LogP contribution in [0.4, 0.5) is 9.18 Å². The van der Waals surface area contributed by atoms with E-state index in [0.717, 1.165) is 19.4 Å². The van der Waals surface area contributed by atoms with Crippen molar-refractivity contribution in [2.24, 2.45) is 0 Å². The summed E-state index contributed by atoms with van der Waals surface area (Å²) in [5.41, 5.74) is 0.160. The minimum atomic E-state index is -0.488. The van der Waals surface area contributed by atoms with Crippen molar-refractivity contribution >= 4 is 6.09 Å². The summed E-state index contributed by atoms with van der Waals surface area (Å²) in [6.45, 7) is 8.90. The standard InChI is InChI=1S/C18H27FN2O2/c1-13(15-9-5-6-10-16(15)19)20-12-14-8-7-11-21(14)17(22)23-18(2,3)4/h5-6,9-10,13-14,20H,7-8,11-12H2,1-4H3/t13-,14?/m1/s1. The summed E-state index contributed by atoms with van der Waals surface area (Å²) in [5.74, 6) is -0.206. The number of likely N-dealkylation sites (tertiary alicyclic amines) is 1. The van der Waals surface area contributed by atoms with Crippen LogP contribution in [0.3, 0.4) is 0 Å². The zero-order chi connectivity index (χ0) is 17.0. The predicted molar refractivity (Wildman–Crippen MR) is 88.8 cm³/mol. The first-order valence-corrected chi connectivity index (χ1v) is 8.25. The Labute approximate surface area is 138 Å². The van der Waals surface area contributed by atoms with Gasteiger partial charge in [-0.05, 0) is 46.6 Å². The van der Waals surface area contributed by atoms with Gasteiger partial charge in [0.1, 0.15) is 11.4 Å². The molecule has 2 atom stereocenters. The van der Waals surface area contributed by atoms with Gasteiger partial charge in [0.05, 0.1) is 0 Å². The molecule has 0 radical (unpaired) electrons. The lowest BCUT2D eigenvalue weighted by Crippen LogP contribution is -2.44. The first kappa shape index (κ1) is 17.7. The maximum absolute atomic E-state index is 13.8. The van der Waals surface area contributed by atoms with Crippen molar-refractivity contribution in [2.75, 3.05) is 13.1 Å². The van der Waals surface area contributed by atoms with Gasteiger partial charge in [-0.2, -0.15) is 0 Å². The molecule has 5 heteroatoms. The second-order valence-electron chi connectivity index (χ2n) is 7.12. The van der Waals surface area contributed by atoms with Crippen molar-refractivity contribution in [3.63, 3.8) is 0 Å². The third-order valence-electron chi connectivity index (χ3n) is 4.04. The molecule has 0 aliphatic carbocycles. The Hall–Kier alpha value is -1.62. The average Bonchev–Trinajstić information content (AvgIpc) is 2.92. The van der Waals surface area contributed by atoms with E-state index >= 15 is 0 Å². The Bertz CT molecular complexity index is 542. The second-order valence-corrected chi connectivity index (χ2v) is 7.12. The highest BCUT2D eigenvalue weighted by atomic mass is 19.1. The summed E-state index contributed by atoms with van der Waals surface area (Å²) in [5, 5.41) is 3.34. The largest absolute Gasteiger partial charge is 0.444 e. The van der Waals surface area contributed by atoms with Crippen molar-refractivity contribution in [1.29, 1.82) is 0 Å². The lowest BCUT2D eigenvalue weighted by Gasteiger charge is -2.29. The molecule has 1 amide bonds. The molecule has 1 unspecified atom stereocenters. The van der Waals surface area contributed by atoms with E-state index < -0.39 is 5.60 Å². The molecule has 128 valence electrons. The van der Waals surface area contributed by atoms with E-state index in [9.17, 15) is 9.18 Å². The number of hydrogen-bond acceptors (Lipinski definition) is 3. The van der Waals surface area contributed by atoms with Crippen molar-refractivity contribution in [1.82, 2.24) is 10.2 Å². The Morgan fingerprint density at radius 1 is 1.43 bits per heavy atom. The molecule has 0 saturated carbocycles. The molecule has 0 spiro atoms. The van der Waals surface area contributed by atoms with E-state index in [1.807, 2.05) is 33.8 Å². The van der Waals surface area contributed by atoms with E-state index in [1.54, 1.807) is 17.0 Å². The van der Waals surface area contributed by atoms with Crippen LogP contribution >= 0.6 is 0 Å². The van der Waals surface area contributed by atoms with Gasteiger partial charge in [0.2, 0.25) is 0 Å². The zero-order valence-electron chi connectivity index (χ0n) is 14.4. The monoisotopic (exact) mass is 322 g/mol. The van der Waals surface area contributed by atoms with Crippen molar-refractivity contribution in [3.05, 3.63) is 35.6 Å². The van der Waals surface area contributed by atoms with E-state index in [4.69, 9.17) is 4.74 Å². The molecule has 1 saturated heterocycles. The minimum absolute atomic E-state index is 0.0964.